The molecule has 7 heteroatoms. The van der Waals surface area contributed by atoms with E-state index < -0.39 is 0 Å². The highest BCUT2D eigenvalue weighted by atomic mass is 16.2. The van der Waals surface area contributed by atoms with Crippen LogP contribution in [0.25, 0.3) is 0 Å². The molecule has 2 N–H and O–H groups in total. The molecular formula is C12H14N6O. The molecule has 0 saturated carbocycles. The van der Waals surface area contributed by atoms with Crippen LogP contribution in [-0.2, 0) is 6.54 Å². The molecule has 7 nitrogen and oxygen atoms in total. The van der Waals surface area contributed by atoms with Gasteiger partial charge in [0.1, 0.15) is 0 Å². The maximum Gasteiger partial charge on any atom is 0.273 e. The molecular weight excluding hydrogens is 244 g/mol. The molecule has 2 aromatic rings. The van der Waals surface area contributed by atoms with Gasteiger partial charge in [0.25, 0.3) is 5.91 Å². The maximum atomic E-state index is 11.9. The van der Waals surface area contributed by atoms with Crippen molar-refractivity contribution in [3.05, 3.63) is 42.0 Å². The van der Waals surface area contributed by atoms with Crippen molar-refractivity contribution in [2.45, 2.75) is 12.6 Å². The van der Waals surface area contributed by atoms with E-state index in [1.165, 1.54) is 0 Å². The topological polar surface area (TPSA) is 84.7 Å². The first-order chi connectivity index (χ1) is 9.33. The van der Waals surface area contributed by atoms with E-state index in [9.17, 15) is 4.79 Å². The normalized spacial score (nSPS) is 14.9. The predicted octanol–water partition coefficient (Wildman–Crippen LogP) is -0.253. The lowest BCUT2D eigenvalue weighted by Gasteiger charge is -2.26. The smallest absolute Gasteiger partial charge is 0.273 e. The Morgan fingerprint density at radius 1 is 1.42 bits per heavy atom. The number of pyridine rings is 1. The number of nitrogens with one attached hydrogen (secondary N) is 2. The minimum Gasteiger partial charge on any atom is -0.347 e. The minimum atomic E-state index is -0.213. The van der Waals surface area contributed by atoms with E-state index in [0.717, 1.165) is 18.7 Å². The van der Waals surface area contributed by atoms with E-state index in [2.05, 4.69) is 25.9 Å². The predicted molar refractivity (Wildman–Crippen MR) is 67.3 cm³/mol. The van der Waals surface area contributed by atoms with Crippen molar-refractivity contribution in [2.24, 2.45) is 0 Å². The van der Waals surface area contributed by atoms with E-state index >= 15 is 0 Å². The molecule has 1 aliphatic rings. The van der Waals surface area contributed by atoms with Crippen LogP contribution in [0, 0.1) is 0 Å². The van der Waals surface area contributed by atoms with Crippen molar-refractivity contribution in [2.75, 3.05) is 13.1 Å². The molecule has 0 bridgehead atoms. The van der Waals surface area contributed by atoms with Gasteiger partial charge in [-0.2, -0.15) is 0 Å². The fourth-order valence-corrected chi connectivity index (χ4v) is 1.79. The molecule has 0 unspecified atom stereocenters. The first-order valence-electron chi connectivity index (χ1n) is 6.12. The fourth-order valence-electron chi connectivity index (χ4n) is 1.79. The maximum absolute atomic E-state index is 11.9. The summed E-state index contributed by atoms with van der Waals surface area (Å²) in [5, 5.41) is 13.8. The van der Waals surface area contributed by atoms with Crippen LogP contribution in [0.4, 0.5) is 0 Å². The third kappa shape index (κ3) is 2.60. The molecule has 0 aliphatic carbocycles. The molecule has 3 heterocycles. The Bertz CT molecular complexity index is 563. The summed E-state index contributed by atoms with van der Waals surface area (Å²) in [7, 11) is 0. The molecule has 98 valence electrons. The van der Waals surface area contributed by atoms with Crippen LogP contribution in [0.1, 0.15) is 22.1 Å². The Morgan fingerprint density at radius 2 is 2.21 bits per heavy atom. The highest BCUT2D eigenvalue weighted by Crippen LogP contribution is 2.09. The molecule has 0 atom stereocenters. The molecule has 0 aromatic carbocycles. The quantitative estimate of drug-likeness (QED) is 0.789. The number of nitrogens with zero attached hydrogens (tertiary/aromatic N) is 4. The van der Waals surface area contributed by atoms with Crippen molar-refractivity contribution in [1.82, 2.24) is 30.6 Å². The van der Waals surface area contributed by atoms with Crippen molar-refractivity contribution >= 4 is 5.91 Å². The molecule has 19 heavy (non-hydrogen) atoms. The van der Waals surface area contributed by atoms with E-state index in [4.69, 9.17) is 0 Å². The number of amides is 1. The number of carbonyl (C=O) groups is 1. The number of hydrogen-bond donors (Lipinski definition) is 2. The lowest BCUT2D eigenvalue weighted by molar-refractivity contribution is 0.0946. The summed E-state index contributed by atoms with van der Waals surface area (Å²) < 4.78 is 1.73. The van der Waals surface area contributed by atoms with Gasteiger partial charge < -0.3 is 10.6 Å². The summed E-state index contributed by atoms with van der Waals surface area (Å²) in [4.78, 5) is 15.8. The van der Waals surface area contributed by atoms with Crippen LogP contribution in [0.5, 0.6) is 0 Å². The molecule has 0 spiro atoms. The summed E-state index contributed by atoms with van der Waals surface area (Å²) in [5.41, 5.74) is 1.35. The monoisotopic (exact) mass is 258 g/mol. The second kappa shape index (κ2) is 5.15. The highest BCUT2D eigenvalue weighted by molar-refractivity contribution is 5.91. The van der Waals surface area contributed by atoms with Gasteiger partial charge in [0.15, 0.2) is 5.69 Å². The number of hydrogen-bond acceptors (Lipinski definition) is 5. The van der Waals surface area contributed by atoms with Crippen LogP contribution >= 0.6 is 0 Å². The summed E-state index contributed by atoms with van der Waals surface area (Å²) in [6.45, 7) is 2.21. The second-order valence-corrected chi connectivity index (χ2v) is 4.43. The van der Waals surface area contributed by atoms with Gasteiger partial charge in [0.2, 0.25) is 0 Å². The SMILES string of the molecule is O=C(NCc1ccncc1)c1cn(C2CNC2)nn1. The van der Waals surface area contributed by atoms with Crippen LogP contribution < -0.4 is 10.6 Å². The van der Waals surface area contributed by atoms with Gasteiger partial charge >= 0.3 is 0 Å². The molecule has 0 radical (unpaired) electrons. The van der Waals surface area contributed by atoms with E-state index in [-0.39, 0.29) is 5.91 Å². The zero-order valence-electron chi connectivity index (χ0n) is 10.3. The standard InChI is InChI=1S/C12H14N6O/c19-12(15-5-9-1-3-13-4-2-9)11-8-18(17-16-11)10-6-14-7-10/h1-4,8,10,14H,5-7H2,(H,15,19). The lowest BCUT2D eigenvalue weighted by atomic mass is 10.2. The summed E-state index contributed by atoms with van der Waals surface area (Å²) in [6, 6.07) is 4.03. The second-order valence-electron chi connectivity index (χ2n) is 4.43. The average molecular weight is 258 g/mol. The Balaban J connectivity index is 1.59. The van der Waals surface area contributed by atoms with Crippen molar-refractivity contribution in [1.29, 1.82) is 0 Å². The van der Waals surface area contributed by atoms with Crippen molar-refractivity contribution < 1.29 is 4.79 Å². The summed E-state index contributed by atoms with van der Waals surface area (Å²) in [5.74, 6) is -0.213. The van der Waals surface area contributed by atoms with E-state index in [1.54, 1.807) is 23.3 Å². The Kier molecular flexibility index (Phi) is 3.20. The molecule has 1 saturated heterocycles. The van der Waals surface area contributed by atoms with Gasteiger partial charge in [-0.05, 0) is 17.7 Å². The van der Waals surface area contributed by atoms with Gasteiger partial charge in [-0.1, -0.05) is 5.21 Å². The summed E-state index contributed by atoms with van der Waals surface area (Å²) in [6.07, 6.45) is 5.08. The molecule has 2 aromatic heterocycles. The first kappa shape index (κ1) is 11.8. The molecule has 1 amide bonds. The minimum absolute atomic E-state index is 0.213. The molecule has 1 fully saturated rings. The third-order valence-corrected chi connectivity index (χ3v) is 3.08. The van der Waals surface area contributed by atoms with Crippen LogP contribution in [-0.4, -0.2) is 39.0 Å². The van der Waals surface area contributed by atoms with Crippen molar-refractivity contribution in [3.63, 3.8) is 0 Å². The molecule has 1 aliphatic heterocycles. The van der Waals surface area contributed by atoms with Crippen LogP contribution in [0.2, 0.25) is 0 Å². The Morgan fingerprint density at radius 3 is 2.89 bits per heavy atom. The Hall–Kier alpha value is -2.28. The van der Waals surface area contributed by atoms with Crippen LogP contribution in [0.15, 0.2) is 30.7 Å². The number of carbonyl (C=O) groups excluding carboxylic acids is 1. The highest BCUT2D eigenvalue weighted by Gasteiger charge is 2.21. The van der Waals surface area contributed by atoms with Gasteiger partial charge in [-0.15, -0.1) is 5.10 Å². The van der Waals surface area contributed by atoms with Crippen LogP contribution in [0.3, 0.4) is 0 Å². The van der Waals surface area contributed by atoms with E-state index in [0.29, 0.717) is 18.3 Å². The van der Waals surface area contributed by atoms with Gasteiger partial charge in [0.05, 0.1) is 12.2 Å². The van der Waals surface area contributed by atoms with Crippen molar-refractivity contribution in [3.8, 4) is 0 Å². The summed E-state index contributed by atoms with van der Waals surface area (Å²) >= 11 is 0. The average Bonchev–Trinajstić information content (AvgIpc) is 2.84. The first-order valence-corrected chi connectivity index (χ1v) is 6.12. The Labute approximate surface area is 110 Å². The van der Waals surface area contributed by atoms with Gasteiger partial charge in [-0.3, -0.25) is 9.78 Å². The third-order valence-electron chi connectivity index (χ3n) is 3.08. The number of rotatable bonds is 4. The largest absolute Gasteiger partial charge is 0.347 e. The lowest BCUT2D eigenvalue weighted by Crippen LogP contribution is -2.43. The molecule has 3 rings (SSSR count). The van der Waals surface area contributed by atoms with Gasteiger partial charge in [-0.25, -0.2) is 4.68 Å². The van der Waals surface area contributed by atoms with E-state index in [1.807, 2.05) is 12.1 Å². The van der Waals surface area contributed by atoms with Gasteiger partial charge in [0, 0.05) is 32.0 Å². The fraction of sp³-hybridized carbons (Fsp3) is 0.333. The zero-order valence-corrected chi connectivity index (χ0v) is 10.3. The number of aromatic nitrogens is 4. The zero-order chi connectivity index (χ0) is 13.1.